The van der Waals surface area contributed by atoms with Gasteiger partial charge in [-0.15, -0.1) is 0 Å². The quantitative estimate of drug-likeness (QED) is 0.397. The fraction of sp³-hybridized carbons (Fsp3) is 0.333. The van der Waals surface area contributed by atoms with Gasteiger partial charge in [-0.2, -0.15) is 0 Å². The van der Waals surface area contributed by atoms with Crippen LogP contribution in [0.1, 0.15) is 0 Å². The molecule has 0 amide bonds. The molecule has 1 aromatic rings. The van der Waals surface area contributed by atoms with E-state index in [1.165, 1.54) is 0 Å². The zero-order valence-corrected chi connectivity index (χ0v) is 8.25. The lowest BCUT2D eigenvalue weighted by atomic mass is 10.3. The lowest BCUT2D eigenvalue weighted by molar-refractivity contribution is -0.335. The molecule has 16 heavy (non-hydrogen) atoms. The van der Waals surface area contributed by atoms with Gasteiger partial charge in [0, 0.05) is 11.8 Å². The van der Waals surface area contributed by atoms with E-state index < -0.39 is 5.79 Å². The minimum absolute atomic E-state index is 0.317. The molecule has 1 aliphatic heterocycles. The van der Waals surface area contributed by atoms with Gasteiger partial charge in [0.25, 0.3) is 0 Å². The van der Waals surface area contributed by atoms with Gasteiger partial charge in [-0.1, -0.05) is 0 Å². The fourth-order valence-corrected chi connectivity index (χ4v) is 1.47. The largest absolute Gasteiger partial charge is 0.444 e. The van der Waals surface area contributed by atoms with Gasteiger partial charge in [0.1, 0.15) is 0 Å². The van der Waals surface area contributed by atoms with E-state index in [1.54, 1.807) is 18.2 Å². The van der Waals surface area contributed by atoms with Crippen LogP contribution in [0.25, 0.3) is 0 Å². The Balaban J connectivity index is 2.23. The summed E-state index contributed by atoms with van der Waals surface area (Å²) in [7, 11) is 0. The van der Waals surface area contributed by atoms with Crippen molar-refractivity contribution in [3.05, 3.63) is 18.2 Å². The molecule has 0 fully saturated rings. The van der Waals surface area contributed by atoms with Gasteiger partial charge in [-0.05, 0) is 12.1 Å². The number of anilines is 1. The van der Waals surface area contributed by atoms with E-state index in [1.807, 2.05) is 0 Å². The molecule has 0 radical (unpaired) electrons. The molecule has 2 rings (SSSR count). The first-order valence-electron chi connectivity index (χ1n) is 4.49. The molecule has 88 valence electrons. The lowest BCUT2D eigenvalue weighted by Gasteiger charge is -2.23. The van der Waals surface area contributed by atoms with Crippen LogP contribution < -0.4 is 15.2 Å². The fourth-order valence-electron chi connectivity index (χ4n) is 1.47. The van der Waals surface area contributed by atoms with Crippen molar-refractivity contribution in [2.75, 3.05) is 18.9 Å². The molecule has 1 aliphatic rings. The van der Waals surface area contributed by atoms with Crippen LogP contribution in [-0.2, 0) is 9.78 Å². The summed E-state index contributed by atoms with van der Waals surface area (Å²) < 4.78 is 10.8. The van der Waals surface area contributed by atoms with E-state index in [0.717, 1.165) is 0 Å². The number of rotatable bonds is 4. The first-order valence-corrected chi connectivity index (χ1v) is 4.49. The predicted octanol–water partition coefficient (Wildman–Crippen LogP) is 0.715. The van der Waals surface area contributed by atoms with Crippen LogP contribution in [0.5, 0.6) is 11.5 Å². The molecule has 0 aliphatic carbocycles. The summed E-state index contributed by atoms with van der Waals surface area (Å²) in [6.07, 6.45) is 0. The van der Waals surface area contributed by atoms with Crippen molar-refractivity contribution in [3.63, 3.8) is 0 Å². The van der Waals surface area contributed by atoms with Gasteiger partial charge in [0.2, 0.25) is 0 Å². The van der Waals surface area contributed by atoms with Crippen LogP contribution in [-0.4, -0.2) is 29.5 Å². The summed E-state index contributed by atoms with van der Waals surface area (Å²) in [4.78, 5) is 7.94. The summed E-state index contributed by atoms with van der Waals surface area (Å²) in [6.45, 7) is -0.635. The number of hydrogen-bond acceptors (Lipinski definition) is 7. The van der Waals surface area contributed by atoms with Gasteiger partial charge in [-0.25, -0.2) is 9.78 Å². The van der Waals surface area contributed by atoms with Crippen molar-refractivity contribution in [2.45, 2.75) is 5.79 Å². The van der Waals surface area contributed by atoms with Crippen LogP contribution in [0.4, 0.5) is 5.69 Å². The molecular weight excluding hydrogens is 218 g/mol. The third kappa shape index (κ3) is 1.89. The molecule has 0 bridgehead atoms. The first kappa shape index (κ1) is 11.0. The van der Waals surface area contributed by atoms with Crippen molar-refractivity contribution in [1.82, 2.24) is 0 Å². The molecule has 0 atom stereocenters. The molecule has 1 aromatic carbocycles. The molecule has 4 N–H and O–H groups in total. The Morgan fingerprint density at radius 2 is 1.75 bits per heavy atom. The third-order valence-electron chi connectivity index (χ3n) is 2.13. The highest BCUT2D eigenvalue weighted by Gasteiger charge is 2.43. The van der Waals surface area contributed by atoms with Gasteiger partial charge in [-0.3, -0.25) is 10.5 Å². The van der Waals surface area contributed by atoms with Gasteiger partial charge < -0.3 is 15.2 Å². The maximum Gasteiger partial charge on any atom is 0.304 e. The molecule has 1 heterocycles. The van der Waals surface area contributed by atoms with Gasteiger partial charge in [0.05, 0.1) is 0 Å². The summed E-state index contributed by atoms with van der Waals surface area (Å²) >= 11 is 0. The standard InChI is InChI=1S/C9H11NO6/c10-6-1-2-7-8(3-6)16-9(15-7,4-13-11)5-14-12/h1-3,11-12H,4-5,10H2. The van der Waals surface area contributed by atoms with Crippen LogP contribution in [0.15, 0.2) is 18.2 Å². The van der Waals surface area contributed by atoms with Gasteiger partial charge in [0.15, 0.2) is 24.7 Å². The topological polar surface area (TPSA) is 103 Å². The SMILES string of the molecule is Nc1ccc2c(c1)OC(COO)(COO)O2. The van der Waals surface area contributed by atoms with Gasteiger partial charge >= 0.3 is 5.79 Å². The molecule has 7 heteroatoms. The Morgan fingerprint density at radius 3 is 2.38 bits per heavy atom. The number of benzene rings is 1. The number of fused-ring (bicyclic) bond motifs is 1. The summed E-state index contributed by atoms with van der Waals surface area (Å²) in [5.41, 5.74) is 6.08. The molecule has 0 saturated heterocycles. The van der Waals surface area contributed by atoms with Crippen molar-refractivity contribution in [2.24, 2.45) is 0 Å². The van der Waals surface area contributed by atoms with E-state index in [0.29, 0.717) is 17.2 Å². The molecule has 0 spiro atoms. The Morgan fingerprint density at radius 1 is 1.12 bits per heavy atom. The Labute approximate surface area is 90.8 Å². The second-order valence-electron chi connectivity index (χ2n) is 3.37. The number of ether oxygens (including phenoxy) is 2. The Hall–Kier alpha value is -1.54. The van der Waals surface area contributed by atoms with Crippen molar-refractivity contribution in [1.29, 1.82) is 0 Å². The number of nitrogen functional groups attached to an aromatic ring is 1. The first-order chi connectivity index (χ1) is 7.69. The predicted molar refractivity (Wildman–Crippen MR) is 52.0 cm³/mol. The van der Waals surface area contributed by atoms with Crippen LogP contribution in [0, 0.1) is 0 Å². The molecular formula is C9H11NO6. The minimum Gasteiger partial charge on any atom is -0.444 e. The lowest BCUT2D eigenvalue weighted by Crippen LogP contribution is -2.47. The zero-order chi connectivity index (χ0) is 11.6. The zero-order valence-electron chi connectivity index (χ0n) is 8.25. The van der Waals surface area contributed by atoms with E-state index in [9.17, 15) is 0 Å². The number of nitrogens with two attached hydrogens (primary N) is 1. The summed E-state index contributed by atoms with van der Waals surface area (Å²) in [6, 6.07) is 4.81. The van der Waals surface area contributed by atoms with Crippen LogP contribution in [0.2, 0.25) is 0 Å². The maximum absolute atomic E-state index is 8.43. The Kier molecular flexibility index (Phi) is 2.84. The number of hydrogen-bond donors (Lipinski definition) is 3. The monoisotopic (exact) mass is 229 g/mol. The smallest absolute Gasteiger partial charge is 0.304 e. The average Bonchev–Trinajstić information content (AvgIpc) is 2.56. The summed E-state index contributed by atoms with van der Waals surface area (Å²) in [5, 5.41) is 16.9. The van der Waals surface area contributed by atoms with E-state index in [4.69, 9.17) is 25.7 Å². The molecule has 0 unspecified atom stereocenters. The minimum atomic E-state index is -1.40. The second kappa shape index (κ2) is 4.14. The highest BCUT2D eigenvalue weighted by atomic mass is 17.1. The van der Waals surface area contributed by atoms with E-state index >= 15 is 0 Å². The maximum atomic E-state index is 8.43. The second-order valence-corrected chi connectivity index (χ2v) is 3.37. The Bertz CT molecular complexity index is 376. The highest BCUT2D eigenvalue weighted by molar-refractivity contribution is 5.53. The molecule has 7 nitrogen and oxygen atoms in total. The van der Waals surface area contributed by atoms with Crippen molar-refractivity contribution < 1.29 is 29.8 Å². The van der Waals surface area contributed by atoms with Crippen molar-refractivity contribution >= 4 is 5.69 Å². The normalized spacial score (nSPS) is 16.4. The van der Waals surface area contributed by atoms with Crippen LogP contribution >= 0.6 is 0 Å². The summed E-state index contributed by atoms with van der Waals surface area (Å²) in [5.74, 6) is -0.572. The third-order valence-corrected chi connectivity index (χ3v) is 2.13. The van der Waals surface area contributed by atoms with Crippen molar-refractivity contribution in [3.8, 4) is 11.5 Å². The van der Waals surface area contributed by atoms with E-state index in [-0.39, 0.29) is 13.2 Å². The average molecular weight is 229 g/mol. The van der Waals surface area contributed by atoms with E-state index in [2.05, 4.69) is 9.78 Å². The molecule has 0 aromatic heterocycles. The highest BCUT2D eigenvalue weighted by Crippen LogP contribution is 2.40. The van der Waals surface area contributed by atoms with Crippen LogP contribution in [0.3, 0.4) is 0 Å². The molecule has 0 saturated carbocycles.